The van der Waals surface area contributed by atoms with Gasteiger partial charge in [-0.3, -0.25) is 4.79 Å². The Bertz CT molecular complexity index is 864. The first-order valence-electron chi connectivity index (χ1n) is 21.4. The van der Waals surface area contributed by atoms with E-state index in [0.29, 0.717) is 13.2 Å². The van der Waals surface area contributed by atoms with Crippen molar-refractivity contribution in [3.63, 3.8) is 0 Å². The summed E-state index contributed by atoms with van der Waals surface area (Å²) in [4.78, 5) is 13.8. The third kappa shape index (κ3) is 24.2. The Labute approximate surface area is 316 Å². The number of piperidine rings is 1. The smallest absolute Gasteiger partial charge is 0.227 e. The van der Waals surface area contributed by atoms with Gasteiger partial charge in [0.05, 0.1) is 18.1 Å². The average Bonchev–Trinajstić information content (AvgIpc) is 3.13. The SMILES string of the molecule is CCCCCCCCCCCCCCOCC(CNC(=O)C1(Cc2ccccc2)CCCNC1)OCCCCCCCCCCCCCC.Cl. The van der Waals surface area contributed by atoms with Crippen LogP contribution < -0.4 is 10.6 Å². The van der Waals surface area contributed by atoms with Crippen LogP contribution in [0.5, 0.6) is 0 Å². The highest BCUT2D eigenvalue weighted by Crippen LogP contribution is 2.31. The maximum Gasteiger partial charge on any atom is 0.227 e. The van der Waals surface area contributed by atoms with Crippen LogP contribution in [0.3, 0.4) is 0 Å². The fourth-order valence-corrected chi connectivity index (χ4v) is 7.39. The van der Waals surface area contributed by atoms with Gasteiger partial charge >= 0.3 is 0 Å². The molecule has 2 atom stereocenters. The Kier molecular flexibility index (Phi) is 31.6. The van der Waals surface area contributed by atoms with Crippen LogP contribution in [0, 0.1) is 5.41 Å². The summed E-state index contributed by atoms with van der Waals surface area (Å²) in [6.45, 7) is 8.90. The minimum absolute atomic E-state index is 0. The van der Waals surface area contributed by atoms with Gasteiger partial charge in [-0.15, -0.1) is 12.4 Å². The third-order valence-corrected chi connectivity index (χ3v) is 10.6. The standard InChI is InChI=1S/C44H80N2O3.ClH/c1-3-5-7-9-11-13-15-17-19-21-23-28-35-48-39-42(49-36-29-24-22-20-18-16-14-12-10-8-6-4-2)38-46-43(47)44(33-30-34-45-40-44)37-41-31-26-25-27-32-41;/h25-27,31-32,42,45H,3-24,28-30,33-40H2,1-2H3,(H,46,47);1H. The van der Waals surface area contributed by atoms with E-state index >= 15 is 0 Å². The van der Waals surface area contributed by atoms with E-state index in [0.717, 1.165) is 58.4 Å². The lowest BCUT2D eigenvalue weighted by Gasteiger charge is -2.37. The van der Waals surface area contributed by atoms with E-state index in [1.165, 1.54) is 147 Å². The summed E-state index contributed by atoms with van der Waals surface area (Å²) in [5.74, 6) is 0.156. The second kappa shape index (κ2) is 33.7. The van der Waals surface area contributed by atoms with Gasteiger partial charge in [0, 0.05) is 26.3 Å². The van der Waals surface area contributed by atoms with Crippen molar-refractivity contribution >= 4 is 18.3 Å². The molecule has 0 aromatic heterocycles. The average molecular weight is 722 g/mol. The van der Waals surface area contributed by atoms with E-state index in [2.05, 4.69) is 48.7 Å². The molecule has 1 aliphatic rings. The van der Waals surface area contributed by atoms with Gasteiger partial charge in [-0.25, -0.2) is 0 Å². The monoisotopic (exact) mass is 721 g/mol. The molecule has 1 heterocycles. The number of halogens is 1. The van der Waals surface area contributed by atoms with Crippen LogP contribution in [0.25, 0.3) is 0 Å². The van der Waals surface area contributed by atoms with E-state index in [9.17, 15) is 4.79 Å². The van der Waals surface area contributed by atoms with E-state index in [1.807, 2.05) is 6.07 Å². The predicted molar refractivity (Wildman–Crippen MR) is 218 cm³/mol. The molecule has 0 spiro atoms. The van der Waals surface area contributed by atoms with Gasteiger partial charge in [0.1, 0.15) is 0 Å². The quantitative estimate of drug-likeness (QED) is 0.0696. The molecule has 1 aliphatic heterocycles. The van der Waals surface area contributed by atoms with Crippen LogP contribution in [-0.4, -0.2) is 51.5 Å². The Morgan fingerprint density at radius 3 is 1.66 bits per heavy atom. The predicted octanol–water partition coefficient (Wildman–Crippen LogP) is 11.9. The zero-order chi connectivity index (χ0) is 34.9. The molecule has 1 fully saturated rings. The molecule has 1 aromatic carbocycles. The van der Waals surface area contributed by atoms with Gasteiger partial charge in [-0.1, -0.05) is 185 Å². The van der Waals surface area contributed by atoms with Crippen LogP contribution in [-0.2, 0) is 20.7 Å². The fraction of sp³-hybridized carbons (Fsp3) is 0.841. The Morgan fingerprint density at radius 2 is 1.18 bits per heavy atom. The van der Waals surface area contributed by atoms with Crippen molar-refractivity contribution in [1.29, 1.82) is 0 Å². The highest BCUT2D eigenvalue weighted by molar-refractivity contribution is 5.85. The lowest BCUT2D eigenvalue weighted by Crippen LogP contribution is -2.53. The second-order valence-electron chi connectivity index (χ2n) is 15.3. The molecular weight excluding hydrogens is 640 g/mol. The number of amides is 1. The molecule has 1 saturated heterocycles. The van der Waals surface area contributed by atoms with Crippen molar-refractivity contribution in [3.05, 3.63) is 35.9 Å². The van der Waals surface area contributed by atoms with E-state index < -0.39 is 5.41 Å². The number of benzene rings is 1. The molecule has 292 valence electrons. The first kappa shape index (κ1) is 46.9. The number of carbonyl (C=O) groups excluding carboxylic acids is 1. The molecule has 1 aromatic rings. The van der Waals surface area contributed by atoms with E-state index in [-0.39, 0.29) is 24.4 Å². The van der Waals surface area contributed by atoms with Gasteiger partial charge < -0.3 is 20.1 Å². The van der Waals surface area contributed by atoms with E-state index in [1.54, 1.807) is 0 Å². The minimum Gasteiger partial charge on any atom is -0.379 e. The molecule has 0 radical (unpaired) electrons. The number of carbonyl (C=O) groups is 1. The summed E-state index contributed by atoms with van der Waals surface area (Å²) in [7, 11) is 0. The summed E-state index contributed by atoms with van der Waals surface area (Å²) < 4.78 is 12.5. The maximum absolute atomic E-state index is 13.8. The second-order valence-corrected chi connectivity index (χ2v) is 15.3. The molecule has 2 N–H and O–H groups in total. The molecule has 2 unspecified atom stereocenters. The Balaban J connectivity index is 0.0000125. The normalized spacial score (nSPS) is 16.6. The Morgan fingerprint density at radius 1 is 0.700 bits per heavy atom. The van der Waals surface area contributed by atoms with Crippen molar-refractivity contribution < 1.29 is 14.3 Å². The molecule has 5 nitrogen and oxygen atoms in total. The van der Waals surface area contributed by atoms with Gasteiger partial charge in [-0.2, -0.15) is 0 Å². The van der Waals surface area contributed by atoms with E-state index in [4.69, 9.17) is 9.47 Å². The van der Waals surface area contributed by atoms with Gasteiger partial charge in [0.25, 0.3) is 0 Å². The number of nitrogens with one attached hydrogen (secondary N) is 2. The number of unbranched alkanes of at least 4 members (excludes halogenated alkanes) is 22. The summed E-state index contributed by atoms with van der Waals surface area (Å²) in [5, 5.41) is 6.84. The highest BCUT2D eigenvalue weighted by Gasteiger charge is 2.39. The van der Waals surface area contributed by atoms with Crippen LogP contribution in [0.1, 0.15) is 186 Å². The van der Waals surface area contributed by atoms with Gasteiger partial charge in [0.15, 0.2) is 0 Å². The highest BCUT2D eigenvalue weighted by atomic mass is 35.5. The first-order chi connectivity index (χ1) is 24.2. The van der Waals surface area contributed by atoms with Crippen LogP contribution in [0.2, 0.25) is 0 Å². The molecule has 1 amide bonds. The topological polar surface area (TPSA) is 59.6 Å². The maximum atomic E-state index is 13.8. The molecule has 50 heavy (non-hydrogen) atoms. The molecule has 0 saturated carbocycles. The minimum atomic E-state index is -0.407. The molecule has 0 aliphatic carbocycles. The largest absolute Gasteiger partial charge is 0.379 e. The summed E-state index contributed by atoms with van der Waals surface area (Å²) >= 11 is 0. The van der Waals surface area contributed by atoms with Crippen molar-refractivity contribution in [1.82, 2.24) is 10.6 Å². The lowest BCUT2D eigenvalue weighted by molar-refractivity contribution is -0.133. The summed E-state index contributed by atoms with van der Waals surface area (Å²) in [5.41, 5.74) is 0.821. The summed E-state index contributed by atoms with van der Waals surface area (Å²) in [6.07, 6.45) is 34.9. The fourth-order valence-electron chi connectivity index (χ4n) is 7.39. The molecular formula is C44H81ClN2O3. The molecule has 2 rings (SSSR count). The molecule has 0 bridgehead atoms. The van der Waals surface area contributed by atoms with Crippen LogP contribution in [0.4, 0.5) is 0 Å². The number of ether oxygens (including phenoxy) is 2. The number of hydrogen-bond acceptors (Lipinski definition) is 4. The summed E-state index contributed by atoms with van der Waals surface area (Å²) in [6, 6.07) is 10.5. The Hall–Kier alpha value is -1.14. The van der Waals surface area contributed by atoms with Crippen molar-refractivity contribution in [2.24, 2.45) is 5.41 Å². The van der Waals surface area contributed by atoms with Gasteiger partial charge in [0.2, 0.25) is 5.91 Å². The van der Waals surface area contributed by atoms with Crippen molar-refractivity contribution in [2.45, 2.75) is 193 Å². The van der Waals surface area contributed by atoms with Crippen LogP contribution in [0.15, 0.2) is 30.3 Å². The van der Waals surface area contributed by atoms with Crippen molar-refractivity contribution in [2.75, 3.05) is 39.5 Å². The third-order valence-electron chi connectivity index (χ3n) is 10.6. The first-order valence-corrected chi connectivity index (χ1v) is 21.4. The zero-order valence-electron chi connectivity index (χ0n) is 32.9. The number of rotatable bonds is 34. The van der Waals surface area contributed by atoms with Crippen molar-refractivity contribution in [3.8, 4) is 0 Å². The van der Waals surface area contributed by atoms with Crippen LogP contribution >= 0.6 is 12.4 Å². The van der Waals surface area contributed by atoms with Gasteiger partial charge in [-0.05, 0) is 44.2 Å². The lowest BCUT2D eigenvalue weighted by atomic mass is 9.75. The zero-order valence-corrected chi connectivity index (χ0v) is 33.7. The number of hydrogen-bond donors (Lipinski definition) is 2. The molecule has 6 heteroatoms.